The number of amides is 1. The molecule has 0 heterocycles. The van der Waals surface area contributed by atoms with Crippen molar-refractivity contribution in [2.75, 3.05) is 11.9 Å². The maximum absolute atomic E-state index is 10.8. The van der Waals surface area contributed by atoms with Crippen LogP contribution in [0.1, 0.15) is 0 Å². The van der Waals surface area contributed by atoms with Crippen molar-refractivity contribution in [2.45, 2.75) is 6.04 Å². The first-order valence-corrected chi connectivity index (χ1v) is 4.57. The Morgan fingerprint density at radius 2 is 2.31 bits per heavy atom. The highest BCUT2D eigenvalue weighted by atomic mass is 79.9. The Balaban J connectivity index is 3.86. The number of aliphatic carboxylic acids is 1. The highest BCUT2D eigenvalue weighted by molar-refractivity contribution is 9.09. The number of halogens is 1. The van der Waals surface area contributed by atoms with E-state index in [1.807, 2.05) is 0 Å². The largest absolute Gasteiger partial charge is 0.480 e. The summed E-state index contributed by atoms with van der Waals surface area (Å²) in [4.78, 5) is 21.2. The maximum atomic E-state index is 10.8. The normalized spacial score (nSPS) is 11.5. The van der Waals surface area contributed by atoms with Crippen LogP contribution in [0, 0.1) is 0 Å². The summed E-state index contributed by atoms with van der Waals surface area (Å²) < 4.78 is 4.52. The smallest absolute Gasteiger partial charge is 0.408 e. The van der Waals surface area contributed by atoms with Crippen LogP contribution >= 0.6 is 15.9 Å². The average molecular weight is 252 g/mol. The number of carbonyl (C=O) groups excluding carboxylic acids is 1. The Bertz CT molecular complexity index is 207. The summed E-state index contributed by atoms with van der Waals surface area (Å²) in [6.45, 7) is 3.39. The number of carboxylic acids is 1. The zero-order valence-corrected chi connectivity index (χ0v) is 8.41. The van der Waals surface area contributed by atoms with E-state index in [1.54, 1.807) is 0 Å². The number of rotatable bonds is 5. The van der Waals surface area contributed by atoms with Crippen LogP contribution in [0.15, 0.2) is 12.7 Å². The lowest BCUT2D eigenvalue weighted by Crippen LogP contribution is -2.42. The van der Waals surface area contributed by atoms with Crippen molar-refractivity contribution in [3.63, 3.8) is 0 Å². The van der Waals surface area contributed by atoms with Crippen LogP contribution in [-0.2, 0) is 9.53 Å². The monoisotopic (exact) mass is 251 g/mol. The minimum Gasteiger partial charge on any atom is -0.480 e. The number of hydrogen-bond donors (Lipinski definition) is 2. The van der Waals surface area contributed by atoms with Gasteiger partial charge in [-0.15, -0.1) is 0 Å². The molecule has 5 nitrogen and oxygen atoms in total. The first-order chi connectivity index (χ1) is 6.11. The predicted molar refractivity (Wildman–Crippen MR) is 49.9 cm³/mol. The predicted octanol–water partition coefficient (Wildman–Crippen LogP) is 0.747. The van der Waals surface area contributed by atoms with E-state index in [-0.39, 0.29) is 11.9 Å². The summed E-state index contributed by atoms with van der Waals surface area (Å²) in [6, 6.07) is -0.975. The van der Waals surface area contributed by atoms with Gasteiger partial charge in [0.05, 0.1) is 0 Å². The fourth-order valence-electron chi connectivity index (χ4n) is 0.485. The minimum absolute atomic E-state index is 0.0560. The van der Waals surface area contributed by atoms with Crippen molar-refractivity contribution in [1.29, 1.82) is 0 Å². The van der Waals surface area contributed by atoms with Crippen LogP contribution in [0.4, 0.5) is 4.79 Å². The van der Waals surface area contributed by atoms with Crippen molar-refractivity contribution in [2.24, 2.45) is 0 Å². The molecule has 13 heavy (non-hydrogen) atoms. The Labute approximate surface area is 83.9 Å². The third kappa shape index (κ3) is 5.24. The summed E-state index contributed by atoms with van der Waals surface area (Å²) in [5.74, 6) is -1.12. The van der Waals surface area contributed by atoms with Gasteiger partial charge in [-0.25, -0.2) is 9.59 Å². The van der Waals surface area contributed by atoms with Crippen molar-refractivity contribution < 1.29 is 19.4 Å². The summed E-state index contributed by atoms with van der Waals surface area (Å²) in [5.41, 5.74) is 0. The van der Waals surface area contributed by atoms with Crippen LogP contribution in [0.3, 0.4) is 0 Å². The molecular formula is C7H10BrNO4. The van der Waals surface area contributed by atoms with Crippen LogP contribution in [0.25, 0.3) is 0 Å². The van der Waals surface area contributed by atoms with Gasteiger partial charge in [0, 0.05) is 5.33 Å². The zero-order chi connectivity index (χ0) is 10.3. The maximum Gasteiger partial charge on any atom is 0.408 e. The van der Waals surface area contributed by atoms with Gasteiger partial charge in [0.25, 0.3) is 0 Å². The van der Waals surface area contributed by atoms with Gasteiger partial charge in [-0.1, -0.05) is 28.6 Å². The molecule has 74 valence electrons. The highest BCUT2D eigenvalue weighted by Gasteiger charge is 2.18. The van der Waals surface area contributed by atoms with E-state index >= 15 is 0 Å². The molecule has 0 spiro atoms. The lowest BCUT2D eigenvalue weighted by atomic mass is 10.3. The van der Waals surface area contributed by atoms with Gasteiger partial charge in [0.2, 0.25) is 0 Å². The number of hydrogen-bond acceptors (Lipinski definition) is 3. The van der Waals surface area contributed by atoms with Crippen LogP contribution in [0.5, 0.6) is 0 Å². The second-order valence-corrected chi connectivity index (χ2v) is 2.72. The minimum atomic E-state index is -1.12. The van der Waals surface area contributed by atoms with Crippen molar-refractivity contribution in [3.8, 4) is 0 Å². The van der Waals surface area contributed by atoms with Gasteiger partial charge in [0.1, 0.15) is 12.6 Å². The zero-order valence-electron chi connectivity index (χ0n) is 6.83. The molecule has 0 aromatic rings. The molecule has 6 heteroatoms. The van der Waals surface area contributed by atoms with Gasteiger partial charge in [-0.2, -0.15) is 0 Å². The summed E-state index contributed by atoms with van der Waals surface area (Å²) >= 11 is 2.94. The molecule has 0 aromatic carbocycles. The molecular weight excluding hydrogens is 242 g/mol. The van der Waals surface area contributed by atoms with Crippen molar-refractivity contribution in [1.82, 2.24) is 5.32 Å². The molecule has 0 bridgehead atoms. The van der Waals surface area contributed by atoms with Gasteiger partial charge in [-0.3, -0.25) is 0 Å². The van der Waals surface area contributed by atoms with Crippen LogP contribution < -0.4 is 5.32 Å². The number of carboxylic acid groups (broad SMARTS) is 1. The molecule has 0 aromatic heterocycles. The molecule has 0 aliphatic heterocycles. The number of ether oxygens (including phenoxy) is 1. The van der Waals surface area contributed by atoms with Gasteiger partial charge >= 0.3 is 12.1 Å². The molecule has 0 unspecified atom stereocenters. The Morgan fingerprint density at radius 1 is 1.69 bits per heavy atom. The van der Waals surface area contributed by atoms with Crippen molar-refractivity contribution >= 4 is 28.0 Å². The van der Waals surface area contributed by atoms with Crippen LogP contribution in [0.2, 0.25) is 0 Å². The van der Waals surface area contributed by atoms with E-state index < -0.39 is 18.1 Å². The molecule has 2 N–H and O–H groups in total. The van der Waals surface area contributed by atoms with E-state index in [0.717, 1.165) is 0 Å². The van der Waals surface area contributed by atoms with E-state index in [0.29, 0.717) is 0 Å². The fourth-order valence-corrected chi connectivity index (χ4v) is 0.924. The highest BCUT2D eigenvalue weighted by Crippen LogP contribution is 1.92. The lowest BCUT2D eigenvalue weighted by Gasteiger charge is -2.10. The lowest BCUT2D eigenvalue weighted by molar-refractivity contribution is -0.138. The van der Waals surface area contributed by atoms with E-state index in [1.165, 1.54) is 6.08 Å². The number of alkyl halides is 1. The van der Waals surface area contributed by atoms with Crippen LogP contribution in [-0.4, -0.2) is 35.1 Å². The second-order valence-electron chi connectivity index (χ2n) is 2.08. The summed E-state index contributed by atoms with van der Waals surface area (Å²) in [7, 11) is 0. The topological polar surface area (TPSA) is 75.6 Å². The third-order valence-electron chi connectivity index (χ3n) is 1.08. The quantitative estimate of drug-likeness (QED) is 0.559. The molecule has 0 saturated carbocycles. The molecule has 0 rings (SSSR count). The van der Waals surface area contributed by atoms with Gasteiger partial charge in [0.15, 0.2) is 0 Å². The first-order valence-electron chi connectivity index (χ1n) is 3.44. The summed E-state index contributed by atoms with van der Waals surface area (Å²) in [5, 5.41) is 10.8. The molecule has 0 aliphatic carbocycles. The Hall–Kier alpha value is -1.04. The molecule has 0 saturated heterocycles. The third-order valence-corrected chi connectivity index (χ3v) is 1.72. The number of carbonyl (C=O) groups is 2. The second kappa shape index (κ2) is 6.47. The SMILES string of the molecule is C=CCOC(=O)N[C@@H](CBr)C(=O)O. The van der Waals surface area contributed by atoms with E-state index in [4.69, 9.17) is 5.11 Å². The first kappa shape index (κ1) is 12.0. The van der Waals surface area contributed by atoms with E-state index in [2.05, 4.69) is 32.6 Å². The molecule has 1 amide bonds. The molecule has 0 aliphatic rings. The van der Waals surface area contributed by atoms with Crippen molar-refractivity contribution in [3.05, 3.63) is 12.7 Å². The summed E-state index contributed by atoms with van der Waals surface area (Å²) in [6.07, 6.45) is 0.621. The molecule has 1 atom stereocenters. The fraction of sp³-hybridized carbons (Fsp3) is 0.429. The number of alkyl carbamates (subject to hydrolysis) is 1. The average Bonchev–Trinajstić information content (AvgIpc) is 2.10. The van der Waals surface area contributed by atoms with Gasteiger partial charge in [-0.05, 0) is 0 Å². The Kier molecular flexibility index (Phi) is 5.96. The Morgan fingerprint density at radius 3 is 2.69 bits per heavy atom. The van der Waals surface area contributed by atoms with Gasteiger partial charge < -0.3 is 15.2 Å². The standard InChI is InChI=1S/C7H10BrNO4/c1-2-3-13-7(12)9-5(4-8)6(10)11/h2,5H,1,3-4H2,(H,9,12)(H,10,11)/t5-/m0/s1. The molecule has 0 fully saturated rings. The van der Waals surface area contributed by atoms with E-state index in [9.17, 15) is 9.59 Å². The molecule has 0 radical (unpaired) electrons. The number of nitrogens with one attached hydrogen (secondary N) is 1.